The average molecular weight is 1890 g/mol. The molecule has 8 aliphatic rings. The monoisotopic (exact) mass is 1890 g/mol. The molecule has 0 bridgehead atoms. The van der Waals surface area contributed by atoms with Crippen molar-refractivity contribution in [2.75, 3.05) is 73.7 Å². The van der Waals surface area contributed by atoms with Gasteiger partial charge < -0.3 is 69.8 Å². The van der Waals surface area contributed by atoms with Crippen molar-refractivity contribution < 1.29 is 30.0 Å². The molecule has 4 aliphatic heterocycles. The van der Waals surface area contributed by atoms with Crippen molar-refractivity contribution in [2.45, 2.75) is 233 Å². The molecule has 34 nitrogen and oxygen atoms in total. The highest BCUT2D eigenvalue weighted by molar-refractivity contribution is 6.09. The number of β-amino-alcohol motifs (C(OH)–C–C–N with tert-alkyl or cyclic N) is 4. The SMILES string of the molecule is CC(=O)N1Cc2ccc(Nc3ncc4c5ccncc5n(C5CCC(C)CC5)c4n3)nc2[C@@H](C)C1.CC(=O)N1Cc2ccc(Nc3ncc4c5ccncc5n(C5CCC(C)CC5)c4n3)nc2[C@H](C)C1.CC1CCC(n2c3cnccc3c3cnc(Nc4ccc5c(n4)[C@@H](O)CN(CCO)C5)nc32)CC1.CC1CCC(n2c3cnccc3c3cnc(Nc4ccc5c(n4)[C@H](O)CN(CCO)C5)nc32)CC1. The summed E-state index contributed by atoms with van der Waals surface area (Å²) in [7, 11) is 0. The molecule has 16 aromatic rings. The largest absolute Gasteiger partial charge is 0.395 e. The maximum absolute atomic E-state index is 11.9. The number of anilines is 8. The van der Waals surface area contributed by atoms with Gasteiger partial charge in [-0.25, -0.2) is 39.9 Å². The smallest absolute Gasteiger partial charge is 0.230 e. The number of carbonyl (C=O) groups excluding carboxylic acids is 2. The van der Waals surface area contributed by atoms with Crippen LogP contribution in [0.15, 0.2) is 147 Å². The minimum atomic E-state index is -0.695. The van der Waals surface area contributed by atoms with Crippen LogP contribution >= 0.6 is 0 Å². The van der Waals surface area contributed by atoms with Crippen molar-refractivity contribution in [3.8, 4) is 0 Å². The van der Waals surface area contributed by atoms with E-state index in [9.17, 15) is 30.0 Å². The Bertz CT molecular complexity index is 6850. The Morgan fingerprint density at radius 2 is 0.571 bits per heavy atom. The molecule has 2 amide bonds. The predicted molar refractivity (Wildman–Crippen MR) is 542 cm³/mol. The summed E-state index contributed by atoms with van der Waals surface area (Å²) in [6.07, 6.45) is 40.3. The summed E-state index contributed by atoms with van der Waals surface area (Å²) < 4.78 is 9.48. The van der Waals surface area contributed by atoms with Crippen molar-refractivity contribution in [3.05, 3.63) is 192 Å². The standard InChI is InChI=1S/2C27H31N7O.2C26H31N7O2/c2*1-16-4-7-20(8-5-16)34-23-13-28-11-10-21(23)22-12-29-27(32-26(22)34)31-24-9-6-19-15-33(18(3)35)14-17(2)25(19)30-24;2*1-16-2-5-18(6-3-16)33-21-13-27-9-8-19(21)20-12-28-26(31-25(20)33)30-23-7-4-17-14-32(10-11-34)15-22(35)24(17)29-23/h2*6,9-13,16-17,20H,4-5,7-8,14-15H2,1-3H3,(H,29,30,31,32);2*4,7-9,12-13,16,18,22,34-35H,2-3,5-6,10-11,14-15H2,1H3,(H,28,29,30,31)/t2*16?,17-,20?;2*16?,18?,22-/m1010/s1. The van der Waals surface area contributed by atoms with Gasteiger partial charge in [-0.1, -0.05) is 65.8 Å². The number of pyridine rings is 8. The normalized spacial score (nSPS) is 22.7. The lowest BCUT2D eigenvalue weighted by atomic mass is 9.87. The molecule has 4 saturated carbocycles. The molecule has 4 aliphatic carbocycles. The highest BCUT2D eigenvalue weighted by atomic mass is 16.3. The van der Waals surface area contributed by atoms with Gasteiger partial charge in [-0.05, 0) is 197 Å². The van der Waals surface area contributed by atoms with Crippen molar-refractivity contribution in [3.63, 3.8) is 0 Å². The first-order valence-corrected chi connectivity index (χ1v) is 50.2. The van der Waals surface area contributed by atoms with Crippen LogP contribution in [0.5, 0.6) is 0 Å². The Morgan fingerprint density at radius 3 is 0.829 bits per heavy atom. The predicted octanol–water partition coefficient (Wildman–Crippen LogP) is 18.1. The maximum atomic E-state index is 11.9. The van der Waals surface area contributed by atoms with Gasteiger partial charge in [-0.15, -0.1) is 0 Å². The minimum absolute atomic E-state index is 0.0711. The van der Waals surface area contributed by atoms with Crippen molar-refractivity contribution in [1.29, 1.82) is 0 Å². The first-order chi connectivity index (χ1) is 68.2. The third kappa shape index (κ3) is 19.0. The molecule has 20 heterocycles. The van der Waals surface area contributed by atoms with Crippen molar-refractivity contribution >= 4 is 147 Å². The van der Waals surface area contributed by atoms with Crippen LogP contribution in [0.4, 0.5) is 47.1 Å². The highest BCUT2D eigenvalue weighted by Gasteiger charge is 2.35. The van der Waals surface area contributed by atoms with E-state index >= 15 is 0 Å². The number of fused-ring (bicyclic) bond motifs is 16. The van der Waals surface area contributed by atoms with Gasteiger partial charge in [0, 0.05) is 208 Å². The van der Waals surface area contributed by atoms with Crippen LogP contribution in [0.2, 0.25) is 0 Å². The molecule has 0 unspecified atom stereocenters. The third-order valence-corrected chi connectivity index (χ3v) is 30.4. The molecule has 724 valence electrons. The second-order valence-electron chi connectivity index (χ2n) is 40.4. The summed E-state index contributed by atoms with van der Waals surface area (Å²) in [6.45, 7) is 22.9. The minimum Gasteiger partial charge on any atom is -0.395 e. The van der Waals surface area contributed by atoms with Gasteiger partial charge in [-0.3, -0.25) is 39.3 Å². The topological polar surface area (TPSA) is 402 Å². The lowest BCUT2D eigenvalue weighted by molar-refractivity contribution is -0.130. The van der Waals surface area contributed by atoms with Gasteiger partial charge in [0.1, 0.15) is 58.1 Å². The van der Waals surface area contributed by atoms with E-state index in [0.717, 1.165) is 208 Å². The summed E-state index contributed by atoms with van der Waals surface area (Å²) >= 11 is 0. The number of aromatic nitrogens is 20. The number of aliphatic hydroxyl groups is 4. The molecule has 140 heavy (non-hydrogen) atoms. The van der Waals surface area contributed by atoms with Crippen LogP contribution in [0.25, 0.3) is 87.7 Å². The number of rotatable bonds is 16. The number of carbonyl (C=O) groups is 2. The molecule has 0 saturated heterocycles. The van der Waals surface area contributed by atoms with Crippen LogP contribution in [-0.4, -0.2) is 202 Å². The first kappa shape index (κ1) is 92.9. The van der Waals surface area contributed by atoms with Gasteiger partial charge in [0.2, 0.25) is 35.6 Å². The molecule has 16 aromatic heterocycles. The van der Waals surface area contributed by atoms with Crippen LogP contribution in [0.1, 0.15) is 251 Å². The zero-order chi connectivity index (χ0) is 96.1. The van der Waals surface area contributed by atoms with Crippen molar-refractivity contribution in [2.24, 2.45) is 23.7 Å². The van der Waals surface area contributed by atoms with E-state index in [-0.39, 0.29) is 36.9 Å². The summed E-state index contributed by atoms with van der Waals surface area (Å²) in [5.41, 5.74) is 15.8. The van der Waals surface area contributed by atoms with Crippen LogP contribution in [0.3, 0.4) is 0 Å². The lowest BCUT2D eigenvalue weighted by Crippen LogP contribution is -2.36. The summed E-state index contributed by atoms with van der Waals surface area (Å²) in [4.78, 5) is 107. The van der Waals surface area contributed by atoms with E-state index in [1.54, 1.807) is 13.8 Å². The Kier molecular flexibility index (Phi) is 26.6. The van der Waals surface area contributed by atoms with Crippen molar-refractivity contribution in [1.82, 2.24) is 118 Å². The number of nitrogens with one attached hydrogen (secondary N) is 4. The molecule has 0 aromatic carbocycles. The van der Waals surface area contributed by atoms with Gasteiger partial charge in [0.05, 0.1) is 82.8 Å². The summed E-state index contributed by atoms with van der Waals surface area (Å²) in [6, 6.07) is 25.6. The second kappa shape index (κ2) is 40.1. The molecule has 8 N–H and O–H groups in total. The number of amides is 2. The van der Waals surface area contributed by atoms with Gasteiger partial charge in [0.15, 0.2) is 0 Å². The van der Waals surface area contributed by atoms with Crippen LogP contribution in [-0.2, 0) is 35.8 Å². The van der Waals surface area contributed by atoms with E-state index < -0.39 is 12.2 Å². The molecular formula is C106H124N28O6. The molecule has 24 rings (SSSR count). The molecule has 0 radical (unpaired) electrons. The number of nitrogens with zero attached hydrogens (tertiary/aromatic N) is 24. The van der Waals surface area contributed by atoms with E-state index in [2.05, 4.69) is 155 Å². The lowest BCUT2D eigenvalue weighted by Gasteiger charge is -2.31. The van der Waals surface area contributed by atoms with Crippen LogP contribution in [0, 0.1) is 23.7 Å². The highest BCUT2D eigenvalue weighted by Crippen LogP contribution is 2.46. The van der Waals surface area contributed by atoms with E-state index in [1.165, 1.54) is 51.4 Å². The molecule has 34 heteroatoms. The fourth-order valence-electron chi connectivity index (χ4n) is 22.9. The van der Waals surface area contributed by atoms with Gasteiger partial charge in [0.25, 0.3) is 0 Å². The Morgan fingerprint density at radius 1 is 0.314 bits per heavy atom. The maximum Gasteiger partial charge on any atom is 0.230 e. The quantitative estimate of drug-likeness (QED) is 0.0445. The van der Waals surface area contributed by atoms with E-state index in [0.29, 0.717) is 136 Å². The number of aliphatic hydroxyl groups excluding tert-OH is 4. The molecule has 0 spiro atoms. The number of hydrogen-bond donors (Lipinski definition) is 8. The van der Waals surface area contributed by atoms with Gasteiger partial charge >= 0.3 is 0 Å². The number of hydrogen-bond acceptors (Lipinski definition) is 28. The molecule has 4 atom stereocenters. The van der Waals surface area contributed by atoms with Gasteiger partial charge in [-0.2, -0.15) is 19.9 Å². The Balaban J connectivity index is 0.000000111. The Hall–Kier alpha value is -13.4. The zero-order valence-electron chi connectivity index (χ0n) is 80.9. The molecular weight excluding hydrogens is 1760 g/mol. The van der Waals surface area contributed by atoms with E-state index in [1.807, 2.05) is 142 Å². The third-order valence-electron chi connectivity index (χ3n) is 30.4. The summed E-state index contributed by atoms with van der Waals surface area (Å²) in [5.74, 6) is 8.37. The fraction of sp³-hybridized carbons (Fsp3) is 0.453. The second-order valence-corrected chi connectivity index (χ2v) is 40.4. The average Bonchev–Trinajstić information content (AvgIpc) is 1.61. The van der Waals surface area contributed by atoms with Crippen LogP contribution < -0.4 is 21.3 Å². The summed E-state index contributed by atoms with van der Waals surface area (Å²) in [5, 5.41) is 61.6. The van der Waals surface area contributed by atoms with E-state index in [4.69, 9.17) is 29.9 Å². The first-order valence-electron chi connectivity index (χ1n) is 50.2. The fourth-order valence-corrected chi connectivity index (χ4v) is 22.9. The Labute approximate surface area is 811 Å². The zero-order valence-corrected chi connectivity index (χ0v) is 80.9. The molecule has 4 fully saturated rings.